The van der Waals surface area contributed by atoms with E-state index in [-0.39, 0.29) is 5.97 Å². The van der Waals surface area contributed by atoms with E-state index in [2.05, 4.69) is 4.90 Å². The lowest BCUT2D eigenvalue weighted by Gasteiger charge is -2.25. The third-order valence-electron chi connectivity index (χ3n) is 3.76. The monoisotopic (exact) mass is 353 g/mol. The van der Waals surface area contributed by atoms with E-state index in [9.17, 15) is 4.79 Å². The van der Waals surface area contributed by atoms with E-state index in [1.807, 2.05) is 18.2 Å². The maximum Gasteiger partial charge on any atom is 0.337 e. The molecule has 25 heavy (non-hydrogen) atoms. The Morgan fingerprint density at radius 1 is 0.880 bits per heavy atom. The standard InChI is InChI=1S/C18H27NO6/c1-21-18(20)16-3-2-4-17(15-16)19-5-7-22-9-11-24-13-14-25-12-10-23-8-6-19/h2-4,15H,5-14H2,1H3. The zero-order chi connectivity index (χ0) is 17.7. The molecular formula is C18H27NO6. The molecule has 0 atom stereocenters. The molecule has 0 N–H and O–H groups in total. The minimum atomic E-state index is -0.345. The van der Waals surface area contributed by atoms with Gasteiger partial charge in [-0.05, 0) is 18.2 Å². The van der Waals surface area contributed by atoms with Crippen molar-refractivity contribution in [3.8, 4) is 0 Å². The second-order valence-corrected chi connectivity index (χ2v) is 5.48. The summed E-state index contributed by atoms with van der Waals surface area (Å²) in [4.78, 5) is 13.9. The van der Waals surface area contributed by atoms with Crippen molar-refractivity contribution in [3.05, 3.63) is 29.8 Å². The van der Waals surface area contributed by atoms with Gasteiger partial charge in [-0.1, -0.05) is 6.07 Å². The Bertz CT molecular complexity index is 494. The highest BCUT2D eigenvalue weighted by molar-refractivity contribution is 5.90. The van der Waals surface area contributed by atoms with Gasteiger partial charge in [-0.15, -0.1) is 0 Å². The lowest BCUT2D eigenvalue weighted by molar-refractivity contribution is 0.00206. The number of anilines is 1. The average molecular weight is 353 g/mol. The summed E-state index contributed by atoms with van der Waals surface area (Å²) in [5.41, 5.74) is 1.46. The molecule has 7 nitrogen and oxygen atoms in total. The van der Waals surface area contributed by atoms with Gasteiger partial charge in [0, 0.05) is 18.8 Å². The van der Waals surface area contributed by atoms with Gasteiger partial charge in [0.25, 0.3) is 0 Å². The Morgan fingerprint density at radius 2 is 1.40 bits per heavy atom. The van der Waals surface area contributed by atoms with Gasteiger partial charge in [-0.25, -0.2) is 4.79 Å². The molecule has 0 spiro atoms. The van der Waals surface area contributed by atoms with Crippen LogP contribution in [0.5, 0.6) is 0 Å². The fraction of sp³-hybridized carbons (Fsp3) is 0.611. The highest BCUT2D eigenvalue weighted by Gasteiger charge is 2.11. The quantitative estimate of drug-likeness (QED) is 0.744. The first kappa shape index (κ1) is 19.7. The van der Waals surface area contributed by atoms with Crippen LogP contribution in [0.4, 0.5) is 5.69 Å². The molecule has 0 amide bonds. The second-order valence-electron chi connectivity index (χ2n) is 5.48. The van der Waals surface area contributed by atoms with Crippen molar-refractivity contribution in [2.75, 3.05) is 78.0 Å². The van der Waals surface area contributed by atoms with E-state index >= 15 is 0 Å². The smallest absolute Gasteiger partial charge is 0.337 e. The number of esters is 1. The second kappa shape index (κ2) is 11.8. The molecule has 1 aromatic carbocycles. The van der Waals surface area contributed by atoms with E-state index in [1.54, 1.807) is 6.07 Å². The summed E-state index contributed by atoms with van der Waals surface area (Å²) in [5.74, 6) is -0.345. The SMILES string of the molecule is COC(=O)c1cccc(N2CCOCCOCCOCCOCC2)c1. The van der Waals surface area contributed by atoms with Crippen LogP contribution in [0, 0.1) is 0 Å². The molecule has 1 fully saturated rings. The maximum absolute atomic E-state index is 11.7. The number of ether oxygens (including phenoxy) is 5. The van der Waals surface area contributed by atoms with E-state index in [4.69, 9.17) is 23.7 Å². The number of rotatable bonds is 2. The van der Waals surface area contributed by atoms with Crippen molar-refractivity contribution in [1.29, 1.82) is 0 Å². The van der Waals surface area contributed by atoms with E-state index in [0.29, 0.717) is 71.5 Å². The summed E-state index contributed by atoms with van der Waals surface area (Å²) in [6.45, 7) is 5.87. The molecule has 0 aliphatic carbocycles. The third-order valence-corrected chi connectivity index (χ3v) is 3.76. The van der Waals surface area contributed by atoms with Crippen molar-refractivity contribution < 1.29 is 28.5 Å². The topological polar surface area (TPSA) is 66.5 Å². The predicted octanol–water partition coefficient (Wildman–Crippen LogP) is 1.36. The highest BCUT2D eigenvalue weighted by atomic mass is 16.6. The summed E-state index contributed by atoms with van der Waals surface area (Å²) in [6, 6.07) is 7.38. The molecule has 2 rings (SSSR count). The van der Waals surface area contributed by atoms with Crippen molar-refractivity contribution in [1.82, 2.24) is 0 Å². The van der Waals surface area contributed by atoms with Crippen molar-refractivity contribution in [3.63, 3.8) is 0 Å². The van der Waals surface area contributed by atoms with Crippen molar-refractivity contribution in [2.24, 2.45) is 0 Å². The Morgan fingerprint density at radius 3 is 1.92 bits per heavy atom. The molecule has 1 saturated heterocycles. The molecule has 1 aromatic rings. The minimum Gasteiger partial charge on any atom is -0.465 e. The predicted molar refractivity (Wildman–Crippen MR) is 93.3 cm³/mol. The Hall–Kier alpha value is -1.67. The molecular weight excluding hydrogens is 326 g/mol. The number of hydrogen-bond acceptors (Lipinski definition) is 7. The van der Waals surface area contributed by atoms with E-state index < -0.39 is 0 Å². The molecule has 1 aliphatic rings. The molecule has 1 aliphatic heterocycles. The lowest BCUT2D eigenvalue weighted by atomic mass is 10.2. The van der Waals surface area contributed by atoms with Crippen LogP contribution in [-0.4, -0.2) is 79.0 Å². The third kappa shape index (κ3) is 7.39. The van der Waals surface area contributed by atoms with Crippen LogP contribution in [0.3, 0.4) is 0 Å². The molecule has 140 valence electrons. The van der Waals surface area contributed by atoms with Crippen LogP contribution in [0.1, 0.15) is 10.4 Å². The molecule has 0 aromatic heterocycles. The van der Waals surface area contributed by atoms with E-state index in [0.717, 1.165) is 5.69 Å². The van der Waals surface area contributed by atoms with Crippen molar-refractivity contribution >= 4 is 11.7 Å². The van der Waals surface area contributed by atoms with Crippen molar-refractivity contribution in [2.45, 2.75) is 0 Å². The fourth-order valence-electron chi connectivity index (χ4n) is 2.43. The summed E-state index contributed by atoms with van der Waals surface area (Å²) in [6.07, 6.45) is 0. The zero-order valence-corrected chi connectivity index (χ0v) is 14.8. The molecule has 7 heteroatoms. The van der Waals surface area contributed by atoms with Gasteiger partial charge in [-0.2, -0.15) is 0 Å². The fourth-order valence-corrected chi connectivity index (χ4v) is 2.43. The first-order chi connectivity index (χ1) is 12.3. The number of benzene rings is 1. The first-order valence-corrected chi connectivity index (χ1v) is 8.55. The highest BCUT2D eigenvalue weighted by Crippen LogP contribution is 2.17. The summed E-state index contributed by atoms with van der Waals surface area (Å²) < 4.78 is 26.9. The number of carbonyl (C=O) groups is 1. The number of methoxy groups -OCH3 is 1. The molecule has 0 radical (unpaired) electrons. The summed E-state index contributed by atoms with van der Waals surface area (Å²) in [7, 11) is 1.38. The normalized spacial score (nSPS) is 18.8. The van der Waals surface area contributed by atoms with Crippen LogP contribution < -0.4 is 4.90 Å². The van der Waals surface area contributed by atoms with Gasteiger partial charge in [0.05, 0.1) is 65.5 Å². The zero-order valence-electron chi connectivity index (χ0n) is 14.8. The Kier molecular flexibility index (Phi) is 9.28. The van der Waals surface area contributed by atoms with Gasteiger partial charge >= 0.3 is 5.97 Å². The number of carbonyl (C=O) groups excluding carboxylic acids is 1. The minimum absolute atomic E-state index is 0.345. The van der Waals surface area contributed by atoms with Crippen LogP contribution in [0.15, 0.2) is 24.3 Å². The van der Waals surface area contributed by atoms with E-state index in [1.165, 1.54) is 7.11 Å². The maximum atomic E-state index is 11.7. The summed E-state index contributed by atoms with van der Waals surface area (Å²) >= 11 is 0. The van der Waals surface area contributed by atoms with Gasteiger partial charge < -0.3 is 28.6 Å². The molecule has 0 saturated carbocycles. The summed E-state index contributed by atoms with van der Waals surface area (Å²) in [5, 5.41) is 0. The molecule has 0 bridgehead atoms. The van der Waals surface area contributed by atoms with Crippen LogP contribution in [0.2, 0.25) is 0 Å². The number of nitrogens with zero attached hydrogens (tertiary/aromatic N) is 1. The largest absolute Gasteiger partial charge is 0.465 e. The van der Waals surface area contributed by atoms with Gasteiger partial charge in [0.15, 0.2) is 0 Å². The molecule has 1 heterocycles. The lowest BCUT2D eigenvalue weighted by Crippen LogP contribution is -2.31. The Labute approximate surface area is 148 Å². The van der Waals surface area contributed by atoms with Crippen LogP contribution in [0.25, 0.3) is 0 Å². The average Bonchev–Trinajstić information content (AvgIpc) is 2.66. The van der Waals surface area contributed by atoms with Crippen LogP contribution in [-0.2, 0) is 23.7 Å². The van der Waals surface area contributed by atoms with Gasteiger partial charge in [0.2, 0.25) is 0 Å². The first-order valence-electron chi connectivity index (χ1n) is 8.55. The van der Waals surface area contributed by atoms with Gasteiger partial charge in [-0.3, -0.25) is 0 Å². The number of hydrogen-bond donors (Lipinski definition) is 0. The molecule has 0 unspecified atom stereocenters. The van der Waals surface area contributed by atoms with Crippen LogP contribution >= 0.6 is 0 Å². The van der Waals surface area contributed by atoms with Gasteiger partial charge in [0.1, 0.15) is 0 Å². The Balaban J connectivity index is 1.97.